The van der Waals surface area contributed by atoms with Crippen LogP contribution in [0.25, 0.3) is 0 Å². The van der Waals surface area contributed by atoms with Crippen molar-refractivity contribution < 1.29 is 8.78 Å². The number of benzene rings is 1. The van der Waals surface area contributed by atoms with Crippen molar-refractivity contribution in [3.63, 3.8) is 0 Å². The highest BCUT2D eigenvalue weighted by Crippen LogP contribution is 2.50. The summed E-state index contributed by atoms with van der Waals surface area (Å²) in [5.74, 6) is -1.79. The third-order valence-electron chi connectivity index (χ3n) is 4.32. The number of nitrogens with two attached hydrogens (primary N) is 1. The maximum atomic E-state index is 14.1. The fourth-order valence-corrected chi connectivity index (χ4v) is 3.25. The van der Waals surface area contributed by atoms with Gasteiger partial charge in [-0.05, 0) is 30.4 Å². The van der Waals surface area contributed by atoms with E-state index < -0.39 is 17.2 Å². The molecule has 0 amide bonds. The van der Waals surface area contributed by atoms with E-state index in [4.69, 9.17) is 17.3 Å². The van der Waals surface area contributed by atoms with Crippen LogP contribution in [0, 0.1) is 17.0 Å². The van der Waals surface area contributed by atoms with Gasteiger partial charge in [-0.15, -0.1) is 0 Å². The lowest BCUT2D eigenvalue weighted by Gasteiger charge is -2.48. The minimum absolute atomic E-state index is 0.133. The Labute approximate surface area is 111 Å². The topological polar surface area (TPSA) is 26.0 Å². The van der Waals surface area contributed by atoms with Gasteiger partial charge in [0.15, 0.2) is 11.6 Å². The Morgan fingerprint density at radius 1 is 1.17 bits per heavy atom. The van der Waals surface area contributed by atoms with E-state index >= 15 is 0 Å². The van der Waals surface area contributed by atoms with Crippen molar-refractivity contribution in [2.24, 2.45) is 11.1 Å². The fourth-order valence-electron chi connectivity index (χ4n) is 2.93. The second-order valence-electron chi connectivity index (χ2n) is 5.78. The molecule has 1 aromatic carbocycles. The van der Waals surface area contributed by atoms with Gasteiger partial charge in [-0.2, -0.15) is 0 Å². The van der Waals surface area contributed by atoms with Crippen LogP contribution in [-0.4, -0.2) is 0 Å². The smallest absolute Gasteiger partial charge is 0.165 e. The zero-order valence-corrected chi connectivity index (χ0v) is 11.5. The van der Waals surface area contributed by atoms with Gasteiger partial charge in [0.25, 0.3) is 0 Å². The van der Waals surface area contributed by atoms with Crippen LogP contribution >= 0.6 is 11.6 Å². The summed E-state index contributed by atoms with van der Waals surface area (Å²) in [7, 11) is 0. The predicted octanol–water partition coefficient (Wildman–Crippen LogP) is 4.37. The molecule has 1 aromatic rings. The van der Waals surface area contributed by atoms with Crippen LogP contribution in [0.2, 0.25) is 5.02 Å². The Bertz CT molecular complexity index is 473. The van der Waals surface area contributed by atoms with E-state index in [1.54, 1.807) is 0 Å². The highest BCUT2D eigenvalue weighted by molar-refractivity contribution is 6.31. The molecule has 1 fully saturated rings. The Balaban J connectivity index is 2.63. The summed E-state index contributed by atoms with van der Waals surface area (Å²) in [4.78, 5) is 0. The zero-order chi connectivity index (χ0) is 13.6. The third kappa shape index (κ3) is 1.94. The van der Waals surface area contributed by atoms with Gasteiger partial charge < -0.3 is 5.73 Å². The van der Waals surface area contributed by atoms with Crippen molar-refractivity contribution in [1.29, 1.82) is 0 Å². The summed E-state index contributed by atoms with van der Waals surface area (Å²) in [6.45, 7) is 3.99. The lowest BCUT2D eigenvalue weighted by atomic mass is 9.60. The molecular weight excluding hydrogens is 256 g/mol. The molecule has 1 aliphatic carbocycles. The van der Waals surface area contributed by atoms with Gasteiger partial charge in [0.2, 0.25) is 0 Å². The molecular formula is C14H18ClF2N. The molecule has 2 N–H and O–H groups in total. The van der Waals surface area contributed by atoms with Gasteiger partial charge in [-0.1, -0.05) is 38.3 Å². The second-order valence-corrected chi connectivity index (χ2v) is 6.19. The number of hydrogen-bond acceptors (Lipinski definition) is 1. The minimum atomic E-state index is -0.908. The van der Waals surface area contributed by atoms with E-state index in [1.807, 2.05) is 13.8 Å². The van der Waals surface area contributed by atoms with Crippen LogP contribution in [0.4, 0.5) is 8.78 Å². The number of halogens is 3. The molecule has 1 unspecified atom stereocenters. The van der Waals surface area contributed by atoms with Crippen LogP contribution < -0.4 is 5.73 Å². The second kappa shape index (κ2) is 4.46. The summed E-state index contributed by atoms with van der Waals surface area (Å²) in [5.41, 5.74) is 5.36. The average Bonchev–Trinajstić information content (AvgIpc) is 2.28. The number of hydrogen-bond donors (Lipinski definition) is 1. The Hall–Kier alpha value is -0.670. The summed E-state index contributed by atoms with van der Waals surface area (Å²) >= 11 is 6.07. The maximum absolute atomic E-state index is 14.1. The molecule has 1 saturated carbocycles. The van der Waals surface area contributed by atoms with Crippen molar-refractivity contribution in [2.75, 3.05) is 0 Å². The van der Waals surface area contributed by atoms with Gasteiger partial charge >= 0.3 is 0 Å². The molecule has 0 bridgehead atoms. The molecule has 0 radical (unpaired) electrons. The summed E-state index contributed by atoms with van der Waals surface area (Å²) in [5, 5.41) is 0.214. The van der Waals surface area contributed by atoms with Crippen molar-refractivity contribution in [2.45, 2.75) is 45.1 Å². The van der Waals surface area contributed by atoms with Crippen LogP contribution in [0.5, 0.6) is 0 Å². The van der Waals surface area contributed by atoms with Gasteiger partial charge in [-0.3, -0.25) is 0 Å². The molecule has 100 valence electrons. The van der Waals surface area contributed by atoms with E-state index in [-0.39, 0.29) is 16.0 Å². The predicted molar refractivity (Wildman–Crippen MR) is 69.5 cm³/mol. The molecule has 0 saturated heterocycles. The van der Waals surface area contributed by atoms with Crippen LogP contribution in [0.3, 0.4) is 0 Å². The average molecular weight is 274 g/mol. The lowest BCUT2D eigenvalue weighted by Crippen LogP contribution is -2.52. The Morgan fingerprint density at radius 2 is 1.78 bits per heavy atom. The molecule has 18 heavy (non-hydrogen) atoms. The summed E-state index contributed by atoms with van der Waals surface area (Å²) < 4.78 is 27.5. The quantitative estimate of drug-likeness (QED) is 0.756. The van der Waals surface area contributed by atoms with Crippen molar-refractivity contribution in [3.05, 3.63) is 34.4 Å². The van der Waals surface area contributed by atoms with Crippen LogP contribution in [-0.2, 0) is 5.54 Å². The lowest BCUT2D eigenvalue weighted by molar-refractivity contribution is 0.0937. The first-order valence-electron chi connectivity index (χ1n) is 6.22. The van der Waals surface area contributed by atoms with E-state index in [0.717, 1.165) is 25.3 Å². The van der Waals surface area contributed by atoms with Crippen LogP contribution in [0.15, 0.2) is 12.1 Å². The molecule has 0 aromatic heterocycles. The van der Waals surface area contributed by atoms with Crippen LogP contribution in [0.1, 0.15) is 45.1 Å². The first kappa shape index (κ1) is 13.8. The first-order valence-corrected chi connectivity index (χ1v) is 6.60. The Morgan fingerprint density at radius 3 is 2.39 bits per heavy atom. The van der Waals surface area contributed by atoms with Gasteiger partial charge in [-0.25, -0.2) is 8.78 Å². The molecule has 0 aliphatic heterocycles. The van der Waals surface area contributed by atoms with Gasteiger partial charge in [0.05, 0.1) is 5.54 Å². The maximum Gasteiger partial charge on any atom is 0.165 e. The molecule has 0 spiro atoms. The monoisotopic (exact) mass is 273 g/mol. The third-order valence-corrected chi connectivity index (χ3v) is 4.64. The van der Waals surface area contributed by atoms with Gasteiger partial charge in [0.1, 0.15) is 0 Å². The minimum Gasteiger partial charge on any atom is -0.321 e. The Kier molecular flexibility index (Phi) is 3.41. The van der Waals surface area contributed by atoms with E-state index in [2.05, 4.69) is 0 Å². The first-order chi connectivity index (χ1) is 8.29. The zero-order valence-electron chi connectivity index (χ0n) is 10.7. The standard InChI is InChI=1S/C14H18ClF2N/c1-13(2)7-3-4-8-14(13,18)11-9(15)5-6-10(16)12(11)17/h5-6H,3-4,7-8,18H2,1-2H3. The molecule has 1 atom stereocenters. The fraction of sp³-hybridized carbons (Fsp3) is 0.571. The summed E-state index contributed by atoms with van der Waals surface area (Å²) in [6, 6.07) is 2.43. The molecule has 1 aliphatic rings. The van der Waals surface area contributed by atoms with E-state index in [0.29, 0.717) is 6.42 Å². The molecule has 4 heteroatoms. The highest BCUT2D eigenvalue weighted by atomic mass is 35.5. The van der Waals surface area contributed by atoms with Crippen molar-refractivity contribution >= 4 is 11.6 Å². The normalized spacial score (nSPS) is 27.2. The van der Waals surface area contributed by atoms with E-state index in [1.165, 1.54) is 6.07 Å². The molecule has 1 nitrogen and oxygen atoms in total. The largest absolute Gasteiger partial charge is 0.321 e. The van der Waals surface area contributed by atoms with E-state index in [9.17, 15) is 8.78 Å². The summed E-state index contributed by atoms with van der Waals surface area (Å²) in [6.07, 6.45) is 3.47. The molecule has 0 heterocycles. The van der Waals surface area contributed by atoms with Gasteiger partial charge in [0, 0.05) is 10.6 Å². The van der Waals surface area contributed by atoms with Crippen molar-refractivity contribution in [1.82, 2.24) is 0 Å². The van der Waals surface area contributed by atoms with Crippen molar-refractivity contribution in [3.8, 4) is 0 Å². The number of rotatable bonds is 1. The molecule has 2 rings (SSSR count). The SMILES string of the molecule is CC1(C)CCCCC1(N)c1c(Cl)ccc(F)c1F. The highest BCUT2D eigenvalue weighted by Gasteiger charge is 2.47.